The zero-order valence-electron chi connectivity index (χ0n) is 13.4. The molecule has 0 aromatic carbocycles. The summed E-state index contributed by atoms with van der Waals surface area (Å²) < 4.78 is 5.33. The van der Waals surface area contributed by atoms with Crippen molar-refractivity contribution in [3.63, 3.8) is 0 Å². The van der Waals surface area contributed by atoms with E-state index >= 15 is 0 Å². The smallest absolute Gasteiger partial charge is 0.289 e. The van der Waals surface area contributed by atoms with Gasteiger partial charge in [-0.05, 0) is 39.2 Å². The summed E-state index contributed by atoms with van der Waals surface area (Å²) in [7, 11) is 1.71. The van der Waals surface area contributed by atoms with Crippen LogP contribution < -0.4 is 5.43 Å². The Morgan fingerprint density at radius 3 is 2.64 bits per heavy atom. The number of hydrogen-bond acceptors (Lipinski definition) is 4. The van der Waals surface area contributed by atoms with Crippen molar-refractivity contribution in [1.82, 2.24) is 15.1 Å². The minimum Gasteiger partial charge on any atom is -0.456 e. The molecule has 6 nitrogen and oxygen atoms in total. The van der Waals surface area contributed by atoms with E-state index in [0.717, 1.165) is 24.2 Å². The minimum atomic E-state index is -0.276. The molecular weight excluding hydrogens is 282 g/mol. The molecule has 6 heteroatoms. The molecule has 2 rings (SSSR count). The summed E-state index contributed by atoms with van der Waals surface area (Å²) in [4.78, 5) is 25.3. The molecule has 0 spiro atoms. The van der Waals surface area contributed by atoms with Gasteiger partial charge in [0.05, 0.1) is 5.69 Å². The Balaban J connectivity index is 1.96. The van der Waals surface area contributed by atoms with Crippen molar-refractivity contribution in [3.8, 4) is 0 Å². The Labute approximate surface area is 129 Å². The van der Waals surface area contributed by atoms with Crippen LogP contribution in [-0.4, -0.2) is 34.6 Å². The molecule has 1 amide bonds. The van der Waals surface area contributed by atoms with E-state index in [9.17, 15) is 9.59 Å². The van der Waals surface area contributed by atoms with Crippen LogP contribution in [0.2, 0.25) is 0 Å². The van der Waals surface area contributed by atoms with Crippen molar-refractivity contribution in [2.24, 2.45) is 0 Å². The quantitative estimate of drug-likeness (QED) is 0.916. The van der Waals surface area contributed by atoms with E-state index in [-0.39, 0.29) is 17.1 Å². The maximum atomic E-state index is 12.3. The normalized spacial score (nSPS) is 10.7. The van der Waals surface area contributed by atoms with Crippen LogP contribution in [0.5, 0.6) is 0 Å². The maximum absolute atomic E-state index is 12.3. The predicted molar refractivity (Wildman–Crippen MR) is 83.1 cm³/mol. The van der Waals surface area contributed by atoms with Crippen molar-refractivity contribution < 1.29 is 9.21 Å². The second-order valence-electron chi connectivity index (χ2n) is 5.51. The molecule has 2 heterocycles. The lowest BCUT2D eigenvalue weighted by Crippen LogP contribution is -2.28. The number of aromatic nitrogens is 2. The monoisotopic (exact) mass is 303 g/mol. The average Bonchev–Trinajstić information content (AvgIpc) is 2.77. The highest BCUT2D eigenvalue weighted by atomic mass is 16.3. The van der Waals surface area contributed by atoms with Gasteiger partial charge >= 0.3 is 0 Å². The number of aryl methyl sites for hydroxylation is 3. The van der Waals surface area contributed by atoms with E-state index in [1.807, 2.05) is 13.8 Å². The third kappa shape index (κ3) is 3.63. The fourth-order valence-corrected chi connectivity index (χ4v) is 2.43. The Hall–Kier alpha value is -2.37. The number of carbonyl (C=O) groups is 1. The van der Waals surface area contributed by atoms with Gasteiger partial charge in [0.15, 0.2) is 11.2 Å². The molecule has 0 saturated heterocycles. The number of nitrogens with zero attached hydrogens (tertiary/aromatic N) is 2. The highest BCUT2D eigenvalue weighted by Gasteiger charge is 2.15. The van der Waals surface area contributed by atoms with E-state index in [1.165, 1.54) is 17.7 Å². The number of amides is 1. The first kappa shape index (κ1) is 16.0. The molecule has 2 aromatic heterocycles. The zero-order valence-corrected chi connectivity index (χ0v) is 13.4. The molecule has 22 heavy (non-hydrogen) atoms. The van der Waals surface area contributed by atoms with Gasteiger partial charge < -0.3 is 9.32 Å². The van der Waals surface area contributed by atoms with E-state index < -0.39 is 0 Å². The second-order valence-corrected chi connectivity index (χ2v) is 5.51. The molecule has 0 aliphatic carbocycles. The molecule has 0 radical (unpaired) electrons. The van der Waals surface area contributed by atoms with Gasteiger partial charge in [-0.15, -0.1) is 0 Å². The van der Waals surface area contributed by atoms with Crippen LogP contribution >= 0.6 is 0 Å². The van der Waals surface area contributed by atoms with E-state index in [2.05, 4.69) is 10.2 Å². The predicted octanol–water partition coefficient (Wildman–Crippen LogP) is 1.99. The van der Waals surface area contributed by atoms with E-state index in [0.29, 0.717) is 12.3 Å². The standard InChI is InChI=1S/C16H21N3O3/c1-10-8-13(20)9-15(22-10)16(21)19(4)7-5-6-14-11(2)17-18-12(14)3/h8-9H,5-7H2,1-4H3,(H,17,18). The Morgan fingerprint density at radius 2 is 2.05 bits per heavy atom. The molecule has 1 N–H and O–H groups in total. The van der Waals surface area contributed by atoms with Crippen molar-refractivity contribution >= 4 is 5.91 Å². The van der Waals surface area contributed by atoms with Crippen LogP contribution in [-0.2, 0) is 6.42 Å². The second kappa shape index (κ2) is 6.60. The highest BCUT2D eigenvalue weighted by molar-refractivity contribution is 5.91. The van der Waals surface area contributed by atoms with E-state index in [1.54, 1.807) is 18.9 Å². The third-order valence-corrected chi connectivity index (χ3v) is 3.65. The van der Waals surface area contributed by atoms with Crippen molar-refractivity contribution in [1.29, 1.82) is 0 Å². The summed E-state index contributed by atoms with van der Waals surface area (Å²) in [6, 6.07) is 2.59. The average molecular weight is 303 g/mol. The van der Waals surface area contributed by atoms with Crippen molar-refractivity contribution in [2.75, 3.05) is 13.6 Å². The fourth-order valence-electron chi connectivity index (χ4n) is 2.43. The van der Waals surface area contributed by atoms with Crippen LogP contribution in [0.4, 0.5) is 0 Å². The first-order chi connectivity index (χ1) is 10.4. The van der Waals surface area contributed by atoms with Crippen LogP contribution in [0.3, 0.4) is 0 Å². The van der Waals surface area contributed by atoms with Gasteiger partial charge in [0.2, 0.25) is 0 Å². The first-order valence-corrected chi connectivity index (χ1v) is 7.26. The highest BCUT2D eigenvalue weighted by Crippen LogP contribution is 2.12. The van der Waals surface area contributed by atoms with Gasteiger partial charge in [-0.2, -0.15) is 5.10 Å². The number of rotatable bonds is 5. The molecule has 0 unspecified atom stereocenters. The number of nitrogens with one attached hydrogen (secondary N) is 1. The largest absolute Gasteiger partial charge is 0.456 e. The van der Waals surface area contributed by atoms with Gasteiger partial charge in [-0.1, -0.05) is 0 Å². The minimum absolute atomic E-state index is 0.0863. The lowest BCUT2D eigenvalue weighted by atomic mass is 10.1. The summed E-state index contributed by atoms with van der Waals surface area (Å²) in [5.74, 6) is 0.249. The van der Waals surface area contributed by atoms with Crippen molar-refractivity contribution in [2.45, 2.75) is 33.6 Å². The summed E-state index contributed by atoms with van der Waals surface area (Å²) >= 11 is 0. The molecule has 118 valence electrons. The number of carbonyl (C=O) groups excluding carboxylic acids is 1. The molecule has 0 aliphatic rings. The van der Waals surface area contributed by atoms with Gasteiger partial charge in [0.25, 0.3) is 5.91 Å². The molecule has 0 bridgehead atoms. The van der Waals surface area contributed by atoms with Crippen LogP contribution in [0.1, 0.15) is 39.7 Å². The topological polar surface area (TPSA) is 79.2 Å². The maximum Gasteiger partial charge on any atom is 0.289 e. The molecule has 0 aliphatic heterocycles. The third-order valence-electron chi connectivity index (χ3n) is 3.65. The fraction of sp³-hybridized carbons (Fsp3) is 0.438. The summed E-state index contributed by atoms with van der Waals surface area (Å²) in [5.41, 5.74) is 3.04. The molecule has 2 aromatic rings. The molecule has 0 saturated carbocycles. The Morgan fingerprint density at radius 1 is 1.32 bits per heavy atom. The van der Waals surface area contributed by atoms with Crippen LogP contribution in [0.25, 0.3) is 0 Å². The molecule has 0 fully saturated rings. The SMILES string of the molecule is Cc1cc(=O)cc(C(=O)N(C)CCCc2c(C)n[nH]c2C)o1. The van der Waals surface area contributed by atoms with Gasteiger partial charge in [0, 0.05) is 31.4 Å². The lowest BCUT2D eigenvalue weighted by Gasteiger charge is -2.16. The summed E-state index contributed by atoms with van der Waals surface area (Å²) in [5, 5.41) is 7.12. The number of hydrogen-bond donors (Lipinski definition) is 1. The first-order valence-electron chi connectivity index (χ1n) is 7.26. The Kier molecular flexibility index (Phi) is 4.80. The summed E-state index contributed by atoms with van der Waals surface area (Å²) in [6.45, 7) is 6.20. The lowest BCUT2D eigenvalue weighted by molar-refractivity contribution is 0.0757. The van der Waals surface area contributed by atoms with Gasteiger partial charge in [-0.25, -0.2) is 0 Å². The Bertz CT molecular complexity index is 711. The van der Waals surface area contributed by atoms with Crippen LogP contribution in [0, 0.1) is 20.8 Å². The van der Waals surface area contributed by atoms with E-state index in [4.69, 9.17) is 4.42 Å². The molecular formula is C16H21N3O3. The number of H-pyrrole nitrogens is 1. The number of aromatic amines is 1. The zero-order chi connectivity index (χ0) is 16.3. The molecule has 0 atom stereocenters. The van der Waals surface area contributed by atoms with Crippen LogP contribution in [0.15, 0.2) is 21.3 Å². The van der Waals surface area contributed by atoms with Crippen molar-refractivity contribution in [3.05, 3.63) is 50.8 Å². The van der Waals surface area contributed by atoms with Gasteiger partial charge in [-0.3, -0.25) is 14.7 Å². The summed E-state index contributed by atoms with van der Waals surface area (Å²) in [6.07, 6.45) is 1.67. The van der Waals surface area contributed by atoms with Gasteiger partial charge in [0.1, 0.15) is 5.76 Å².